The van der Waals surface area contributed by atoms with Crippen LogP contribution in [0.1, 0.15) is 64.4 Å². The summed E-state index contributed by atoms with van der Waals surface area (Å²) in [5, 5.41) is 0.541. The van der Waals surface area contributed by atoms with Crippen molar-refractivity contribution in [1.29, 1.82) is 0 Å². The number of ether oxygens (including phenoxy) is 1. The summed E-state index contributed by atoms with van der Waals surface area (Å²) in [5.74, 6) is 0.623. The first-order valence-corrected chi connectivity index (χ1v) is 10.7. The van der Waals surface area contributed by atoms with E-state index in [9.17, 15) is 9.35 Å². The van der Waals surface area contributed by atoms with Crippen LogP contribution < -0.4 is 5.56 Å². The van der Waals surface area contributed by atoms with E-state index in [-0.39, 0.29) is 5.56 Å². The van der Waals surface area contributed by atoms with Crippen LogP contribution in [0.4, 0.5) is 0 Å². The topological polar surface area (TPSA) is 79.5 Å². The Bertz CT molecular complexity index is 999. The van der Waals surface area contributed by atoms with Gasteiger partial charge in [0.2, 0.25) is 0 Å². The molecule has 6 nitrogen and oxygen atoms in total. The number of fused-ring (bicyclic) bond motifs is 1. The molecule has 0 saturated carbocycles. The fourth-order valence-corrected chi connectivity index (χ4v) is 4.16. The Morgan fingerprint density at radius 2 is 2.07 bits per heavy atom. The summed E-state index contributed by atoms with van der Waals surface area (Å²) < 4.78 is 24.0. The van der Waals surface area contributed by atoms with Crippen molar-refractivity contribution in [3.8, 4) is 0 Å². The third kappa shape index (κ3) is 3.75. The molecule has 7 heteroatoms. The van der Waals surface area contributed by atoms with Gasteiger partial charge in [-0.2, -0.15) is 0 Å². The van der Waals surface area contributed by atoms with Crippen LogP contribution in [0.25, 0.3) is 10.9 Å². The van der Waals surface area contributed by atoms with E-state index in [0.29, 0.717) is 29.0 Å². The Kier molecular flexibility index (Phi) is 5.47. The van der Waals surface area contributed by atoms with Crippen LogP contribution in [0.2, 0.25) is 0 Å². The molecule has 0 aliphatic carbocycles. The molecule has 1 unspecified atom stereocenters. The van der Waals surface area contributed by atoms with Crippen molar-refractivity contribution in [3.63, 3.8) is 0 Å². The molecule has 3 rings (SSSR count). The minimum atomic E-state index is -1.39. The number of rotatable bonds is 3. The van der Waals surface area contributed by atoms with Gasteiger partial charge in [-0.15, -0.1) is 0 Å². The van der Waals surface area contributed by atoms with Gasteiger partial charge in [0.1, 0.15) is 27.5 Å². The molecule has 1 aromatic carbocycles. The zero-order chi connectivity index (χ0) is 20.9. The van der Waals surface area contributed by atoms with Crippen molar-refractivity contribution in [2.45, 2.75) is 64.7 Å². The lowest BCUT2D eigenvalue weighted by atomic mass is 9.99. The van der Waals surface area contributed by atoms with Crippen molar-refractivity contribution in [3.05, 3.63) is 39.4 Å². The molecule has 1 aromatic heterocycles. The number of aryl methyl sites for hydroxylation is 1. The number of benzene rings is 1. The van der Waals surface area contributed by atoms with Crippen LogP contribution in [-0.4, -0.2) is 31.2 Å². The summed E-state index contributed by atoms with van der Waals surface area (Å²) >= 11 is -1.39. The molecule has 1 fully saturated rings. The number of aromatic nitrogens is 2. The van der Waals surface area contributed by atoms with Gasteiger partial charge in [-0.05, 0) is 72.1 Å². The van der Waals surface area contributed by atoms with E-state index in [1.165, 1.54) is 0 Å². The van der Waals surface area contributed by atoms with Crippen molar-refractivity contribution in [1.82, 2.24) is 9.55 Å². The van der Waals surface area contributed by atoms with Crippen molar-refractivity contribution < 1.29 is 9.29 Å². The lowest BCUT2D eigenvalue weighted by molar-refractivity contribution is 0.00638. The van der Waals surface area contributed by atoms with Crippen LogP contribution in [-0.2, 0) is 28.7 Å². The van der Waals surface area contributed by atoms with Crippen LogP contribution in [0, 0.1) is 6.92 Å². The normalized spacial score (nSPS) is 22.1. The number of hydrogen-bond acceptors (Lipinski definition) is 5. The van der Waals surface area contributed by atoms with E-state index in [1.807, 2.05) is 53.7 Å². The minimum absolute atomic E-state index is 0.105. The predicted octanol–water partition coefficient (Wildman–Crippen LogP) is 3.54. The zero-order valence-electron chi connectivity index (χ0n) is 17.8. The van der Waals surface area contributed by atoms with Crippen LogP contribution in [0.3, 0.4) is 0 Å². The number of hydrogen-bond donors (Lipinski definition) is 0. The predicted molar refractivity (Wildman–Crippen MR) is 114 cm³/mol. The second-order valence-electron chi connectivity index (χ2n) is 8.73. The molecule has 2 atom stereocenters. The second-order valence-corrected chi connectivity index (χ2v) is 10.6. The standard InChI is InChI=1S/C21H29N3O3S/c1-13-11-15(14(2)23-28(26)20(3,4)5)17-16(12-13)18(25)24(7)19(22-17)21(6)9-8-10-27-21/h11-12H,8-10H2,1-7H3/t21-,28?/m1/s1. The van der Waals surface area contributed by atoms with Gasteiger partial charge in [0.25, 0.3) is 5.56 Å². The van der Waals surface area contributed by atoms with Crippen LogP contribution in [0.15, 0.2) is 21.3 Å². The Labute approximate surface area is 169 Å². The highest BCUT2D eigenvalue weighted by atomic mass is 32.2. The highest BCUT2D eigenvalue weighted by Gasteiger charge is 2.36. The van der Waals surface area contributed by atoms with E-state index < -0.39 is 21.7 Å². The quantitative estimate of drug-likeness (QED) is 0.580. The van der Waals surface area contributed by atoms with Crippen molar-refractivity contribution in [2.75, 3.05) is 6.61 Å². The Hall–Kier alpha value is -1.70. The van der Waals surface area contributed by atoms with E-state index in [0.717, 1.165) is 24.0 Å². The Morgan fingerprint density at radius 3 is 2.64 bits per heavy atom. The highest BCUT2D eigenvalue weighted by molar-refractivity contribution is 7.91. The maximum Gasteiger partial charge on any atom is 0.261 e. The second kappa shape index (κ2) is 7.28. The smallest absolute Gasteiger partial charge is 0.261 e. The third-order valence-electron chi connectivity index (χ3n) is 5.15. The summed E-state index contributed by atoms with van der Waals surface area (Å²) in [5.41, 5.74) is 2.20. The molecular formula is C21H29N3O3S. The van der Waals surface area contributed by atoms with Gasteiger partial charge in [-0.25, -0.2) is 4.98 Å². The maximum atomic E-state index is 13.1. The summed E-state index contributed by atoms with van der Waals surface area (Å²) in [6, 6.07) is 3.80. The summed E-state index contributed by atoms with van der Waals surface area (Å²) in [7, 11) is 1.74. The van der Waals surface area contributed by atoms with Gasteiger partial charge < -0.3 is 9.29 Å². The monoisotopic (exact) mass is 403 g/mol. The molecule has 28 heavy (non-hydrogen) atoms. The minimum Gasteiger partial charge on any atom is -0.591 e. The SMILES string of the molecule is CC(=N[S+]([O-])C(C)(C)C)c1cc(C)cc2c(=O)n(C)c([C@@]3(C)CCCO3)nc12. The Morgan fingerprint density at radius 1 is 1.39 bits per heavy atom. The first-order chi connectivity index (χ1) is 12.9. The summed E-state index contributed by atoms with van der Waals surface area (Å²) in [4.78, 5) is 18.0. The number of nitrogens with zero attached hydrogens (tertiary/aromatic N) is 3. The molecular weight excluding hydrogens is 374 g/mol. The molecule has 0 N–H and O–H groups in total. The molecule has 152 valence electrons. The molecule has 0 spiro atoms. The van der Waals surface area contributed by atoms with Crippen LogP contribution >= 0.6 is 0 Å². The van der Waals surface area contributed by atoms with Crippen LogP contribution in [0.5, 0.6) is 0 Å². The van der Waals surface area contributed by atoms with Gasteiger partial charge in [-0.3, -0.25) is 9.36 Å². The van der Waals surface area contributed by atoms with Gasteiger partial charge in [0.05, 0.1) is 16.6 Å². The Balaban J connectivity index is 2.28. The molecule has 1 aliphatic rings. The van der Waals surface area contributed by atoms with Crippen molar-refractivity contribution in [2.24, 2.45) is 11.4 Å². The van der Waals surface area contributed by atoms with E-state index >= 15 is 0 Å². The lowest BCUT2D eigenvalue weighted by Gasteiger charge is -2.25. The molecule has 0 radical (unpaired) electrons. The zero-order valence-corrected chi connectivity index (χ0v) is 18.6. The molecule has 0 bridgehead atoms. The van der Waals surface area contributed by atoms with Gasteiger partial charge >= 0.3 is 0 Å². The third-order valence-corrected chi connectivity index (χ3v) is 6.64. The van der Waals surface area contributed by atoms with Gasteiger partial charge in [0, 0.05) is 19.2 Å². The van der Waals surface area contributed by atoms with E-state index in [1.54, 1.807) is 11.6 Å². The van der Waals surface area contributed by atoms with E-state index in [4.69, 9.17) is 9.72 Å². The average Bonchev–Trinajstić information content (AvgIpc) is 3.04. The van der Waals surface area contributed by atoms with E-state index in [2.05, 4.69) is 4.40 Å². The first kappa shape index (κ1) is 21.0. The molecule has 2 heterocycles. The highest BCUT2D eigenvalue weighted by Crippen LogP contribution is 2.34. The van der Waals surface area contributed by atoms with Gasteiger partial charge in [0.15, 0.2) is 0 Å². The fraction of sp³-hybridized carbons (Fsp3) is 0.571. The summed E-state index contributed by atoms with van der Waals surface area (Å²) in [6.45, 7) is 12.1. The average molecular weight is 404 g/mol. The van der Waals surface area contributed by atoms with Gasteiger partial charge in [-0.1, -0.05) is 4.40 Å². The molecule has 1 saturated heterocycles. The fourth-order valence-electron chi connectivity index (χ4n) is 3.53. The van der Waals surface area contributed by atoms with Crippen molar-refractivity contribution >= 4 is 28.0 Å². The molecule has 2 aromatic rings. The summed E-state index contributed by atoms with van der Waals surface area (Å²) in [6.07, 6.45) is 1.76. The maximum absolute atomic E-state index is 13.1. The largest absolute Gasteiger partial charge is 0.591 e. The molecule has 0 amide bonds. The first-order valence-electron chi connectivity index (χ1n) is 9.57. The lowest BCUT2D eigenvalue weighted by Crippen LogP contribution is -2.33. The molecule has 1 aliphatic heterocycles.